The van der Waals surface area contributed by atoms with E-state index in [9.17, 15) is 5.11 Å². The van der Waals surface area contributed by atoms with Crippen LogP contribution < -0.4 is 4.57 Å². The Hall–Kier alpha value is -1.04. The third-order valence-corrected chi connectivity index (χ3v) is 1.93. The smallest absolute Gasteiger partial charge is 0.248 e. The highest BCUT2D eigenvalue weighted by Gasteiger charge is 2.07. The van der Waals surface area contributed by atoms with Gasteiger partial charge in [0.05, 0.1) is 7.05 Å². The Morgan fingerprint density at radius 1 is 1.29 bits per heavy atom. The fraction of sp³-hybridized carbons (Fsp3) is 0.100. The van der Waals surface area contributed by atoms with Crippen LogP contribution in [0.15, 0.2) is 43.0 Å². The third-order valence-electron chi connectivity index (χ3n) is 1.93. The van der Waals surface area contributed by atoms with Crippen LogP contribution in [0.5, 0.6) is 5.75 Å². The van der Waals surface area contributed by atoms with Crippen molar-refractivity contribution in [1.82, 2.24) is 4.57 Å². The number of imidazole rings is 1. The van der Waals surface area contributed by atoms with Crippen molar-refractivity contribution >= 4 is 24.0 Å². The van der Waals surface area contributed by atoms with Crippen LogP contribution in [0.25, 0.3) is 5.69 Å². The number of hydrogen-bond acceptors (Lipinski definition) is 1. The van der Waals surface area contributed by atoms with Crippen LogP contribution in [0.2, 0.25) is 0 Å². The van der Waals surface area contributed by atoms with Gasteiger partial charge in [-0.05, 0) is 12.1 Å². The lowest BCUT2D eigenvalue weighted by atomic mass is 10.3. The zero-order valence-corrected chi connectivity index (χ0v) is 10.1. The predicted molar refractivity (Wildman–Crippen MR) is 64.0 cm³/mol. The van der Waals surface area contributed by atoms with Crippen molar-refractivity contribution in [2.75, 3.05) is 0 Å². The number of aromatic nitrogens is 2. The lowest BCUT2D eigenvalue weighted by molar-refractivity contribution is -0.670. The van der Waals surface area contributed by atoms with Crippen molar-refractivity contribution in [1.29, 1.82) is 0 Å². The number of aromatic hydroxyl groups is 1. The Labute approximate surface area is 99.6 Å². The Kier molecular flexibility index (Phi) is 3.51. The summed E-state index contributed by atoms with van der Waals surface area (Å²) in [6, 6.07) is 7.25. The molecule has 1 heterocycles. The van der Waals surface area contributed by atoms with Gasteiger partial charge in [0.15, 0.2) is 11.4 Å². The number of nitrogens with zero attached hydrogens (tertiary/aromatic N) is 2. The number of para-hydroxylation sites is 2. The zero-order valence-electron chi connectivity index (χ0n) is 7.79. The lowest BCUT2D eigenvalue weighted by Crippen LogP contribution is -2.23. The Balaban J connectivity index is 0.000000980. The maximum absolute atomic E-state index is 9.54. The third kappa shape index (κ3) is 2.06. The SMILES string of the molecule is C[n+]1ccn(-c2ccccc2O)c1.I. The van der Waals surface area contributed by atoms with Crippen LogP contribution in [0.3, 0.4) is 0 Å². The molecule has 0 radical (unpaired) electrons. The molecular weight excluding hydrogens is 291 g/mol. The summed E-state index contributed by atoms with van der Waals surface area (Å²) >= 11 is 0. The second kappa shape index (κ2) is 4.45. The largest absolute Gasteiger partial charge is 0.504 e. The first-order valence-electron chi connectivity index (χ1n) is 4.09. The molecule has 4 heteroatoms. The van der Waals surface area contributed by atoms with Gasteiger partial charge in [-0.3, -0.25) is 0 Å². The first-order valence-corrected chi connectivity index (χ1v) is 4.09. The quantitative estimate of drug-likeness (QED) is 0.629. The second-order valence-corrected chi connectivity index (χ2v) is 2.98. The number of phenols is 1. The van der Waals surface area contributed by atoms with Gasteiger partial charge in [-0.1, -0.05) is 12.1 Å². The van der Waals surface area contributed by atoms with Gasteiger partial charge in [-0.25, -0.2) is 4.57 Å². The summed E-state index contributed by atoms with van der Waals surface area (Å²) in [6.45, 7) is 0. The number of hydrogen-bond donors (Lipinski definition) is 1. The van der Waals surface area contributed by atoms with Gasteiger partial charge < -0.3 is 5.11 Å². The van der Waals surface area contributed by atoms with E-state index in [1.165, 1.54) is 0 Å². The van der Waals surface area contributed by atoms with Crippen molar-refractivity contribution in [2.24, 2.45) is 7.05 Å². The van der Waals surface area contributed by atoms with Gasteiger partial charge in [0.25, 0.3) is 0 Å². The molecule has 1 aromatic heterocycles. The summed E-state index contributed by atoms with van der Waals surface area (Å²) in [5.41, 5.74) is 0.795. The zero-order chi connectivity index (χ0) is 9.26. The molecule has 0 fully saturated rings. The van der Waals surface area contributed by atoms with Crippen molar-refractivity contribution < 1.29 is 9.67 Å². The van der Waals surface area contributed by atoms with E-state index in [0.717, 1.165) is 5.69 Å². The Morgan fingerprint density at radius 2 is 2.00 bits per heavy atom. The summed E-state index contributed by atoms with van der Waals surface area (Å²) in [6.07, 6.45) is 5.72. The molecule has 1 N–H and O–H groups in total. The number of aryl methyl sites for hydroxylation is 1. The van der Waals surface area contributed by atoms with E-state index < -0.39 is 0 Å². The molecule has 1 aromatic carbocycles. The summed E-state index contributed by atoms with van der Waals surface area (Å²) in [5.74, 6) is 0.290. The van der Waals surface area contributed by atoms with Crippen LogP contribution >= 0.6 is 24.0 Å². The minimum absolute atomic E-state index is 0. The summed E-state index contributed by atoms with van der Waals surface area (Å²) in [7, 11) is 1.94. The van der Waals surface area contributed by atoms with Gasteiger partial charge in [-0.15, -0.1) is 24.0 Å². The molecule has 0 aliphatic heterocycles. The molecule has 0 bridgehead atoms. The van der Waals surface area contributed by atoms with Crippen LogP contribution in [-0.4, -0.2) is 9.67 Å². The van der Waals surface area contributed by atoms with Gasteiger partial charge in [0, 0.05) is 0 Å². The van der Waals surface area contributed by atoms with Crippen LogP contribution in [0.1, 0.15) is 0 Å². The lowest BCUT2D eigenvalue weighted by Gasteiger charge is -1.97. The molecule has 0 unspecified atom stereocenters. The number of rotatable bonds is 1. The first kappa shape index (κ1) is 11.0. The van der Waals surface area contributed by atoms with E-state index in [4.69, 9.17) is 0 Å². The maximum Gasteiger partial charge on any atom is 0.248 e. The molecule has 0 saturated heterocycles. The van der Waals surface area contributed by atoms with E-state index in [1.807, 2.05) is 53.1 Å². The minimum atomic E-state index is 0. The van der Waals surface area contributed by atoms with E-state index in [-0.39, 0.29) is 24.0 Å². The average molecular weight is 303 g/mol. The standard InChI is InChI=1S/C10H10N2O.HI/c1-11-6-7-12(8-11)9-4-2-3-5-10(9)13;/h2-8H,1H3;1H/p+1. The fourth-order valence-corrected chi connectivity index (χ4v) is 1.28. The van der Waals surface area contributed by atoms with Crippen molar-refractivity contribution in [3.05, 3.63) is 43.0 Å². The van der Waals surface area contributed by atoms with Gasteiger partial charge in [-0.2, -0.15) is 4.57 Å². The van der Waals surface area contributed by atoms with E-state index >= 15 is 0 Å². The molecule has 3 nitrogen and oxygen atoms in total. The van der Waals surface area contributed by atoms with Crippen molar-refractivity contribution in [3.63, 3.8) is 0 Å². The fourth-order valence-electron chi connectivity index (χ4n) is 1.28. The molecule has 74 valence electrons. The number of halogens is 1. The predicted octanol–water partition coefficient (Wildman–Crippen LogP) is 1.63. The van der Waals surface area contributed by atoms with Crippen molar-refractivity contribution in [2.45, 2.75) is 0 Å². The van der Waals surface area contributed by atoms with E-state index in [2.05, 4.69) is 0 Å². The van der Waals surface area contributed by atoms with Gasteiger partial charge >= 0.3 is 0 Å². The second-order valence-electron chi connectivity index (χ2n) is 2.98. The molecular formula is C10H12IN2O+. The number of benzene rings is 1. The minimum Gasteiger partial charge on any atom is -0.504 e. The van der Waals surface area contributed by atoms with Crippen LogP contribution in [0.4, 0.5) is 0 Å². The first-order chi connectivity index (χ1) is 6.27. The van der Waals surface area contributed by atoms with Crippen LogP contribution in [-0.2, 0) is 7.05 Å². The average Bonchev–Trinajstić information content (AvgIpc) is 2.53. The molecule has 2 aromatic rings. The molecule has 0 atom stereocenters. The van der Waals surface area contributed by atoms with Crippen LogP contribution in [0, 0.1) is 0 Å². The molecule has 0 spiro atoms. The molecule has 14 heavy (non-hydrogen) atoms. The normalized spacial score (nSPS) is 9.50. The summed E-state index contributed by atoms with van der Waals surface area (Å²) < 4.78 is 3.79. The summed E-state index contributed by atoms with van der Waals surface area (Å²) in [4.78, 5) is 0. The van der Waals surface area contributed by atoms with Gasteiger partial charge in [0.1, 0.15) is 12.4 Å². The van der Waals surface area contributed by atoms with Crippen molar-refractivity contribution in [3.8, 4) is 11.4 Å². The maximum atomic E-state index is 9.54. The van der Waals surface area contributed by atoms with E-state index in [1.54, 1.807) is 6.07 Å². The Morgan fingerprint density at radius 3 is 2.57 bits per heavy atom. The summed E-state index contributed by atoms with van der Waals surface area (Å²) in [5, 5.41) is 9.54. The van der Waals surface area contributed by atoms with Gasteiger partial charge in [0.2, 0.25) is 6.33 Å². The molecule has 0 aliphatic rings. The highest BCUT2D eigenvalue weighted by molar-refractivity contribution is 14.0. The number of phenolic OH excluding ortho intramolecular Hbond substituents is 1. The highest BCUT2D eigenvalue weighted by atomic mass is 127. The molecule has 0 saturated carbocycles. The highest BCUT2D eigenvalue weighted by Crippen LogP contribution is 2.19. The molecule has 2 rings (SSSR count). The van der Waals surface area contributed by atoms with E-state index in [0.29, 0.717) is 5.75 Å². The molecule has 0 amide bonds. The Bertz CT molecular complexity index is 426. The monoisotopic (exact) mass is 303 g/mol. The topological polar surface area (TPSA) is 29.0 Å². The molecule has 0 aliphatic carbocycles.